The maximum absolute atomic E-state index is 13.7. The highest BCUT2D eigenvalue weighted by atomic mass is 19.4. The Morgan fingerprint density at radius 2 is 1.31 bits per heavy atom. The summed E-state index contributed by atoms with van der Waals surface area (Å²) in [5.74, 6) is -0.659. The molecule has 29 heavy (non-hydrogen) atoms. The lowest BCUT2D eigenvalue weighted by Crippen LogP contribution is -2.27. The number of hydrogen-bond donors (Lipinski definition) is 0. The molecule has 0 radical (unpaired) electrons. The molecule has 0 atom stereocenters. The van der Waals surface area contributed by atoms with Crippen LogP contribution in [-0.4, -0.2) is 6.61 Å². The van der Waals surface area contributed by atoms with Crippen LogP contribution in [-0.2, 0) is 6.18 Å². The molecule has 2 saturated carbocycles. The third-order valence-electron chi connectivity index (χ3n) is 6.93. The van der Waals surface area contributed by atoms with Crippen molar-refractivity contribution >= 4 is 0 Å². The molecule has 0 heterocycles. The van der Waals surface area contributed by atoms with Gasteiger partial charge in [0.2, 0.25) is 0 Å². The summed E-state index contributed by atoms with van der Waals surface area (Å²) < 4.78 is 70.7. The van der Waals surface area contributed by atoms with E-state index in [-0.39, 0.29) is 11.7 Å². The highest BCUT2D eigenvalue weighted by Crippen LogP contribution is 2.42. The lowest BCUT2D eigenvalue weighted by Gasteiger charge is -2.37. The van der Waals surface area contributed by atoms with Gasteiger partial charge in [0.05, 0.1) is 6.61 Å². The van der Waals surface area contributed by atoms with E-state index >= 15 is 0 Å². The molecule has 1 aromatic rings. The van der Waals surface area contributed by atoms with Gasteiger partial charge in [0.15, 0.2) is 0 Å². The average molecular weight is 418 g/mol. The molecule has 0 amide bonds. The topological polar surface area (TPSA) is 9.23 Å². The summed E-state index contributed by atoms with van der Waals surface area (Å²) in [7, 11) is 0. The van der Waals surface area contributed by atoms with Crippen molar-refractivity contribution in [2.45, 2.75) is 77.3 Å². The Balaban J connectivity index is 1.45. The van der Waals surface area contributed by atoms with E-state index in [9.17, 15) is 22.0 Å². The minimum atomic E-state index is -5.05. The van der Waals surface area contributed by atoms with Gasteiger partial charge < -0.3 is 4.74 Å². The van der Waals surface area contributed by atoms with E-state index in [2.05, 4.69) is 6.92 Å². The van der Waals surface area contributed by atoms with Crippen molar-refractivity contribution in [3.05, 3.63) is 29.3 Å². The van der Waals surface area contributed by atoms with E-state index in [1.807, 2.05) is 0 Å². The second kappa shape index (κ2) is 9.65. The summed E-state index contributed by atoms with van der Waals surface area (Å²) in [4.78, 5) is 0. The first-order chi connectivity index (χ1) is 13.8. The van der Waals surface area contributed by atoms with E-state index in [0.29, 0.717) is 18.7 Å². The number of ether oxygens (including phenoxy) is 1. The molecule has 1 nitrogen and oxygen atoms in total. The molecule has 6 heteroatoms. The van der Waals surface area contributed by atoms with Crippen molar-refractivity contribution in [3.8, 4) is 5.75 Å². The molecule has 1 aromatic carbocycles. The van der Waals surface area contributed by atoms with E-state index in [1.165, 1.54) is 38.5 Å². The molecule has 0 N–H and O–H groups in total. The van der Waals surface area contributed by atoms with Crippen LogP contribution in [0.25, 0.3) is 0 Å². The van der Waals surface area contributed by atoms with Gasteiger partial charge in [-0.2, -0.15) is 13.2 Å². The van der Waals surface area contributed by atoms with Gasteiger partial charge in [-0.3, -0.25) is 0 Å². The van der Waals surface area contributed by atoms with Crippen molar-refractivity contribution in [1.82, 2.24) is 0 Å². The van der Waals surface area contributed by atoms with Gasteiger partial charge in [0.1, 0.15) is 22.9 Å². The summed E-state index contributed by atoms with van der Waals surface area (Å²) in [6.45, 7) is 2.54. The summed E-state index contributed by atoms with van der Waals surface area (Å²) in [6, 6.07) is 1.26. The lowest BCUT2D eigenvalue weighted by molar-refractivity contribution is -0.142. The Morgan fingerprint density at radius 3 is 1.76 bits per heavy atom. The molecule has 0 aliphatic heterocycles. The third-order valence-corrected chi connectivity index (χ3v) is 6.93. The molecule has 0 bridgehead atoms. The van der Waals surface area contributed by atoms with Crippen LogP contribution in [0.1, 0.15) is 76.7 Å². The first kappa shape index (κ1) is 22.4. The number of hydrogen-bond acceptors (Lipinski definition) is 1. The SMILES string of the molecule is CCC[C@H]1CC[C@H](C2CCC(COc3cc(F)c(C(F)(F)F)c(F)c3)CC2)CC1. The molecular formula is C23H31F5O. The molecule has 0 aromatic heterocycles. The van der Waals surface area contributed by atoms with E-state index in [1.54, 1.807) is 0 Å². The van der Waals surface area contributed by atoms with Gasteiger partial charge in [-0.15, -0.1) is 0 Å². The zero-order valence-corrected chi connectivity index (χ0v) is 17.0. The van der Waals surface area contributed by atoms with Crippen LogP contribution in [0.5, 0.6) is 5.75 Å². The fourth-order valence-corrected chi connectivity index (χ4v) is 5.30. The monoisotopic (exact) mass is 418 g/mol. The van der Waals surface area contributed by atoms with Crippen LogP contribution in [0.4, 0.5) is 22.0 Å². The van der Waals surface area contributed by atoms with Gasteiger partial charge in [-0.25, -0.2) is 8.78 Å². The van der Waals surface area contributed by atoms with Gasteiger partial charge in [-0.05, 0) is 62.2 Å². The number of rotatable bonds is 6. The third kappa shape index (κ3) is 5.85. The Morgan fingerprint density at radius 1 is 0.828 bits per heavy atom. The summed E-state index contributed by atoms with van der Waals surface area (Å²) in [5.41, 5.74) is -1.86. The highest BCUT2D eigenvalue weighted by molar-refractivity contribution is 5.32. The van der Waals surface area contributed by atoms with Crippen LogP contribution >= 0.6 is 0 Å². The summed E-state index contributed by atoms with van der Waals surface area (Å²) in [6.07, 6.45) is 7.24. The van der Waals surface area contributed by atoms with Crippen LogP contribution in [0.2, 0.25) is 0 Å². The van der Waals surface area contributed by atoms with E-state index in [4.69, 9.17) is 4.74 Å². The first-order valence-corrected chi connectivity index (χ1v) is 11.0. The maximum Gasteiger partial charge on any atom is 0.422 e. The van der Waals surface area contributed by atoms with E-state index < -0.39 is 23.4 Å². The Labute approximate surface area is 170 Å². The smallest absolute Gasteiger partial charge is 0.422 e. The number of benzene rings is 1. The molecule has 0 spiro atoms. The van der Waals surface area contributed by atoms with Crippen molar-refractivity contribution in [2.75, 3.05) is 6.61 Å². The summed E-state index contributed by atoms with van der Waals surface area (Å²) in [5, 5.41) is 0. The Hall–Kier alpha value is -1.33. The normalized spacial score (nSPS) is 28.3. The number of alkyl halides is 3. The zero-order chi connectivity index (χ0) is 21.0. The van der Waals surface area contributed by atoms with Gasteiger partial charge in [0, 0.05) is 12.1 Å². The standard InChI is InChI=1S/C23H31F5O/c1-2-3-15-4-8-17(9-5-15)18-10-6-16(7-11-18)14-29-19-12-20(24)22(21(25)13-19)23(26,27)28/h12-13,15-18H,2-11,14H2,1H3/t15-,16?,17-,18?. The molecule has 3 rings (SSSR count). The fraction of sp³-hybridized carbons (Fsp3) is 0.739. The van der Waals surface area contributed by atoms with Crippen LogP contribution < -0.4 is 4.74 Å². The molecule has 164 valence electrons. The molecule has 2 aliphatic carbocycles. The van der Waals surface area contributed by atoms with E-state index in [0.717, 1.165) is 43.4 Å². The van der Waals surface area contributed by atoms with Gasteiger partial charge in [0.25, 0.3) is 0 Å². The Bertz CT molecular complexity index is 633. The van der Waals surface area contributed by atoms with Gasteiger partial charge in [-0.1, -0.05) is 32.6 Å². The molecule has 0 saturated heterocycles. The second-order valence-corrected chi connectivity index (χ2v) is 8.92. The lowest BCUT2D eigenvalue weighted by atomic mass is 9.69. The van der Waals surface area contributed by atoms with Gasteiger partial charge >= 0.3 is 6.18 Å². The second-order valence-electron chi connectivity index (χ2n) is 8.92. The molecule has 0 unspecified atom stereocenters. The summed E-state index contributed by atoms with van der Waals surface area (Å²) >= 11 is 0. The van der Waals surface area contributed by atoms with Crippen LogP contribution in [0, 0.1) is 35.3 Å². The van der Waals surface area contributed by atoms with Crippen molar-refractivity contribution in [3.63, 3.8) is 0 Å². The maximum atomic E-state index is 13.7. The zero-order valence-electron chi connectivity index (χ0n) is 17.0. The first-order valence-electron chi connectivity index (χ1n) is 11.0. The van der Waals surface area contributed by atoms with Crippen LogP contribution in [0.3, 0.4) is 0 Å². The van der Waals surface area contributed by atoms with Crippen LogP contribution in [0.15, 0.2) is 12.1 Å². The molecular weight excluding hydrogens is 387 g/mol. The molecule has 2 aliphatic rings. The minimum Gasteiger partial charge on any atom is -0.493 e. The largest absolute Gasteiger partial charge is 0.493 e. The van der Waals surface area contributed by atoms with Crippen molar-refractivity contribution < 1.29 is 26.7 Å². The minimum absolute atomic E-state index is 0.177. The predicted octanol–water partition coefficient (Wildman–Crippen LogP) is 7.78. The van der Waals surface area contributed by atoms with Crippen molar-refractivity contribution in [1.29, 1.82) is 0 Å². The molecule has 2 fully saturated rings. The highest BCUT2D eigenvalue weighted by Gasteiger charge is 2.38. The fourth-order valence-electron chi connectivity index (χ4n) is 5.30. The quantitative estimate of drug-likeness (QED) is 0.429. The predicted molar refractivity (Wildman–Crippen MR) is 103 cm³/mol. The number of halogens is 5. The Kier molecular flexibility index (Phi) is 7.44. The average Bonchev–Trinajstić information content (AvgIpc) is 2.66. The van der Waals surface area contributed by atoms with Crippen molar-refractivity contribution in [2.24, 2.45) is 23.7 Å².